The van der Waals surface area contributed by atoms with Crippen LogP contribution in [0.25, 0.3) is 0 Å². The first-order valence-electron chi connectivity index (χ1n) is 12.4. The molecular formula is C29H36N4OS. The van der Waals surface area contributed by atoms with Crippen LogP contribution in [-0.2, 0) is 6.54 Å². The SMILES string of the molecule is CNC(/C=C\Nc1ccccc1)N(C(=O)c1cccs1)C1CC(C)N(Cc2ccccc2)C(C)C1. The molecule has 0 aliphatic carbocycles. The third-order valence-electron chi connectivity index (χ3n) is 6.82. The lowest BCUT2D eigenvalue weighted by Crippen LogP contribution is -2.58. The summed E-state index contributed by atoms with van der Waals surface area (Å²) in [6, 6.07) is 25.5. The molecule has 2 heterocycles. The molecular weight excluding hydrogens is 452 g/mol. The van der Waals surface area contributed by atoms with Crippen LogP contribution in [0, 0.1) is 0 Å². The van der Waals surface area contributed by atoms with Crippen molar-refractivity contribution in [2.24, 2.45) is 0 Å². The molecule has 0 spiro atoms. The minimum absolute atomic E-state index is 0.0876. The molecule has 35 heavy (non-hydrogen) atoms. The van der Waals surface area contributed by atoms with Gasteiger partial charge >= 0.3 is 0 Å². The molecule has 1 aliphatic rings. The van der Waals surface area contributed by atoms with E-state index in [4.69, 9.17) is 0 Å². The van der Waals surface area contributed by atoms with Gasteiger partial charge in [-0.3, -0.25) is 15.0 Å². The van der Waals surface area contributed by atoms with Gasteiger partial charge in [-0.2, -0.15) is 0 Å². The van der Waals surface area contributed by atoms with Crippen molar-refractivity contribution >= 4 is 22.9 Å². The van der Waals surface area contributed by atoms with E-state index in [2.05, 4.69) is 64.6 Å². The Morgan fingerprint density at radius 1 is 1.03 bits per heavy atom. The highest BCUT2D eigenvalue weighted by Crippen LogP contribution is 2.31. The average molecular weight is 489 g/mol. The number of piperidine rings is 1. The van der Waals surface area contributed by atoms with Crippen molar-refractivity contribution in [1.82, 2.24) is 15.1 Å². The number of para-hydroxylation sites is 1. The van der Waals surface area contributed by atoms with Crippen LogP contribution in [0.3, 0.4) is 0 Å². The summed E-state index contributed by atoms with van der Waals surface area (Å²) in [5, 5.41) is 8.68. The first-order chi connectivity index (χ1) is 17.1. The molecule has 3 atom stereocenters. The van der Waals surface area contributed by atoms with Gasteiger partial charge in [0.15, 0.2) is 0 Å². The summed E-state index contributed by atoms with van der Waals surface area (Å²) in [4.78, 5) is 19.2. The number of amides is 1. The van der Waals surface area contributed by atoms with Crippen LogP contribution in [-0.4, -0.2) is 47.0 Å². The van der Waals surface area contributed by atoms with Crippen LogP contribution in [0.2, 0.25) is 0 Å². The minimum Gasteiger partial charge on any atom is -0.362 e. The normalized spacial score (nSPS) is 21.6. The molecule has 5 nitrogen and oxygen atoms in total. The number of benzene rings is 2. The van der Waals surface area contributed by atoms with Crippen molar-refractivity contribution in [1.29, 1.82) is 0 Å². The number of hydrogen-bond acceptors (Lipinski definition) is 5. The van der Waals surface area contributed by atoms with Crippen LogP contribution in [0.4, 0.5) is 5.69 Å². The number of nitrogens with zero attached hydrogens (tertiary/aromatic N) is 2. The van der Waals surface area contributed by atoms with Gasteiger partial charge in [0, 0.05) is 36.6 Å². The number of carbonyl (C=O) groups excluding carboxylic acids is 1. The van der Waals surface area contributed by atoms with Crippen molar-refractivity contribution in [2.75, 3.05) is 12.4 Å². The second-order valence-electron chi connectivity index (χ2n) is 9.27. The fraction of sp³-hybridized carbons (Fsp3) is 0.345. The number of thiophene rings is 1. The highest BCUT2D eigenvalue weighted by atomic mass is 32.1. The van der Waals surface area contributed by atoms with E-state index in [0.29, 0.717) is 12.1 Å². The Morgan fingerprint density at radius 2 is 1.69 bits per heavy atom. The summed E-state index contributed by atoms with van der Waals surface area (Å²) >= 11 is 1.51. The zero-order valence-electron chi connectivity index (χ0n) is 20.8. The Balaban J connectivity index is 1.53. The number of likely N-dealkylation sites (N-methyl/N-ethyl adjacent to an activating group) is 1. The largest absolute Gasteiger partial charge is 0.362 e. The number of hydrogen-bond donors (Lipinski definition) is 2. The Morgan fingerprint density at radius 3 is 2.29 bits per heavy atom. The molecule has 0 bridgehead atoms. The van der Waals surface area contributed by atoms with Crippen LogP contribution in [0.15, 0.2) is 90.5 Å². The molecule has 1 fully saturated rings. The van der Waals surface area contributed by atoms with Gasteiger partial charge in [0.05, 0.1) is 4.88 Å². The van der Waals surface area contributed by atoms with E-state index < -0.39 is 0 Å². The smallest absolute Gasteiger partial charge is 0.265 e. The second-order valence-corrected chi connectivity index (χ2v) is 10.2. The number of likely N-dealkylation sites (tertiary alicyclic amines) is 1. The predicted molar refractivity (Wildman–Crippen MR) is 146 cm³/mol. The molecule has 184 valence electrons. The molecule has 0 saturated carbocycles. The van der Waals surface area contributed by atoms with Gasteiger partial charge < -0.3 is 10.2 Å². The molecule has 2 N–H and O–H groups in total. The van der Waals surface area contributed by atoms with E-state index in [1.54, 1.807) is 0 Å². The Kier molecular flexibility index (Phi) is 8.74. The second kappa shape index (κ2) is 12.2. The zero-order chi connectivity index (χ0) is 24.6. The lowest BCUT2D eigenvalue weighted by atomic mass is 9.90. The number of rotatable bonds is 9. The third kappa shape index (κ3) is 6.40. The number of carbonyl (C=O) groups is 1. The van der Waals surface area contributed by atoms with Gasteiger partial charge in [-0.1, -0.05) is 54.6 Å². The first-order valence-corrected chi connectivity index (χ1v) is 13.3. The molecule has 4 rings (SSSR count). The summed E-state index contributed by atoms with van der Waals surface area (Å²) in [6.07, 6.45) is 5.64. The Hall–Kier alpha value is -2.93. The molecule has 2 aromatic carbocycles. The monoisotopic (exact) mass is 488 g/mol. The van der Waals surface area contributed by atoms with Crippen molar-refractivity contribution in [3.05, 3.63) is 101 Å². The van der Waals surface area contributed by atoms with Gasteiger partial charge in [0.1, 0.15) is 6.17 Å². The molecule has 1 aromatic heterocycles. The van der Waals surface area contributed by atoms with E-state index >= 15 is 0 Å². The third-order valence-corrected chi connectivity index (χ3v) is 7.68. The standard InChI is InChI=1S/C29H36N4OS/c1-22-19-26(20-23(2)32(22)21-24-11-6-4-7-12-24)33(29(34)27-15-10-18-35-27)28(30-3)16-17-31-25-13-8-5-9-14-25/h4-18,22-23,26,28,30-31H,19-21H2,1-3H3/b17-16-. The zero-order valence-corrected chi connectivity index (χ0v) is 21.6. The van der Waals surface area contributed by atoms with E-state index in [9.17, 15) is 4.79 Å². The fourth-order valence-corrected chi connectivity index (χ4v) is 5.73. The molecule has 1 saturated heterocycles. The Labute approximate surface area is 213 Å². The number of nitrogens with one attached hydrogen (secondary N) is 2. The highest BCUT2D eigenvalue weighted by Gasteiger charge is 2.38. The quantitative estimate of drug-likeness (QED) is 0.374. The maximum atomic E-state index is 13.8. The van der Waals surface area contributed by atoms with Crippen LogP contribution < -0.4 is 10.6 Å². The van der Waals surface area contributed by atoms with E-state index in [1.807, 2.05) is 67.2 Å². The van der Waals surface area contributed by atoms with E-state index in [1.165, 1.54) is 16.9 Å². The van der Waals surface area contributed by atoms with Crippen molar-refractivity contribution in [3.63, 3.8) is 0 Å². The first kappa shape index (κ1) is 25.2. The van der Waals surface area contributed by atoms with Crippen LogP contribution in [0.5, 0.6) is 0 Å². The van der Waals surface area contributed by atoms with Gasteiger partial charge in [0.2, 0.25) is 0 Å². The lowest BCUT2D eigenvalue weighted by Gasteiger charge is -2.47. The maximum Gasteiger partial charge on any atom is 0.265 e. The molecule has 6 heteroatoms. The summed E-state index contributed by atoms with van der Waals surface area (Å²) in [6.45, 7) is 5.52. The van der Waals surface area contributed by atoms with Crippen molar-refractivity contribution < 1.29 is 4.79 Å². The van der Waals surface area contributed by atoms with Gasteiger partial charge in [-0.05, 0) is 69.0 Å². The molecule has 3 aromatic rings. The molecule has 1 aliphatic heterocycles. The van der Waals surface area contributed by atoms with Crippen molar-refractivity contribution in [3.8, 4) is 0 Å². The molecule has 3 unspecified atom stereocenters. The van der Waals surface area contributed by atoms with Gasteiger partial charge in [0.25, 0.3) is 5.91 Å². The minimum atomic E-state index is -0.217. The molecule has 1 amide bonds. The average Bonchev–Trinajstić information content (AvgIpc) is 3.42. The van der Waals surface area contributed by atoms with Crippen LogP contribution in [0.1, 0.15) is 41.9 Å². The lowest BCUT2D eigenvalue weighted by molar-refractivity contribution is 0.0156. The molecule has 0 radical (unpaired) electrons. The number of anilines is 1. The van der Waals surface area contributed by atoms with E-state index in [0.717, 1.165) is 30.0 Å². The summed E-state index contributed by atoms with van der Waals surface area (Å²) < 4.78 is 0. The Bertz CT molecular complexity index is 1060. The van der Waals surface area contributed by atoms with Crippen molar-refractivity contribution in [2.45, 2.75) is 57.5 Å². The predicted octanol–water partition coefficient (Wildman–Crippen LogP) is 5.80. The fourth-order valence-electron chi connectivity index (χ4n) is 5.07. The summed E-state index contributed by atoms with van der Waals surface area (Å²) in [5.41, 5.74) is 2.35. The maximum absolute atomic E-state index is 13.8. The van der Waals surface area contributed by atoms with Crippen LogP contribution >= 0.6 is 11.3 Å². The summed E-state index contributed by atoms with van der Waals surface area (Å²) in [7, 11) is 1.92. The van der Waals surface area contributed by atoms with Gasteiger partial charge in [-0.25, -0.2) is 0 Å². The van der Waals surface area contributed by atoms with Gasteiger partial charge in [-0.15, -0.1) is 11.3 Å². The topological polar surface area (TPSA) is 47.6 Å². The van der Waals surface area contributed by atoms with E-state index in [-0.39, 0.29) is 18.1 Å². The summed E-state index contributed by atoms with van der Waals surface area (Å²) in [5.74, 6) is 0.0876. The highest BCUT2D eigenvalue weighted by molar-refractivity contribution is 7.12.